The Balaban J connectivity index is 0.000000258. The van der Waals surface area contributed by atoms with Crippen molar-refractivity contribution < 1.29 is 38.2 Å². The Morgan fingerprint density at radius 1 is 0.722 bits per heavy atom. The van der Waals surface area contributed by atoms with E-state index < -0.39 is 32.4 Å². The van der Waals surface area contributed by atoms with E-state index in [0.717, 1.165) is 37.9 Å². The first-order valence-electron chi connectivity index (χ1n) is 22.5. The van der Waals surface area contributed by atoms with E-state index in [1.165, 1.54) is 24.4 Å². The van der Waals surface area contributed by atoms with Crippen LogP contribution in [0.4, 0.5) is 0 Å². The number of furan rings is 1. The smallest absolute Gasteiger partial charge is 0.129 e. The number of aryl methyl sites for hydroxylation is 3. The molecule has 0 aliphatic rings. The zero-order chi connectivity index (χ0) is 45.1. The number of nitrogens with zero attached hydrogens (tertiary/aromatic N) is 2. The van der Waals surface area contributed by atoms with Crippen molar-refractivity contribution in [1.29, 1.82) is 0 Å². The molecular weight excluding hydrogens is 837 g/mol. The fourth-order valence-electron chi connectivity index (χ4n) is 6.67. The van der Waals surface area contributed by atoms with Crippen LogP contribution in [0.15, 0.2) is 138 Å². The maximum Gasteiger partial charge on any atom is 0.129 e. The maximum atomic E-state index is 8.72. The first-order chi connectivity index (χ1) is 29.7. The second-order valence-electron chi connectivity index (χ2n) is 14.1. The van der Waals surface area contributed by atoms with E-state index in [-0.39, 0.29) is 31.2 Å². The van der Waals surface area contributed by atoms with Crippen LogP contribution in [0, 0.1) is 38.1 Å². The summed E-state index contributed by atoms with van der Waals surface area (Å²) >= 11 is 0. The predicted octanol–water partition coefficient (Wildman–Crippen LogP) is 13.5. The zero-order valence-electron chi connectivity index (χ0n) is 39.9. The molecule has 0 fully saturated rings. The molecule has 0 N–H and O–H groups in total. The molecule has 269 valence electrons. The second-order valence-corrected chi connectivity index (χ2v) is 14.1. The van der Waals surface area contributed by atoms with Crippen molar-refractivity contribution in [2.45, 2.75) is 47.7 Å². The molecule has 9 rings (SSSR count). The van der Waals surface area contributed by atoms with Crippen molar-refractivity contribution in [3.8, 4) is 33.6 Å². The Bertz CT molecular complexity index is 3130. The van der Waals surface area contributed by atoms with Gasteiger partial charge in [-0.15, -0.1) is 53.6 Å². The van der Waals surface area contributed by atoms with E-state index in [2.05, 4.69) is 58.5 Å². The maximum absolute atomic E-state index is 8.72. The number of hydrogen-bond acceptors (Lipinski definition) is 3. The average Bonchev–Trinajstić information content (AvgIpc) is 3.65. The van der Waals surface area contributed by atoms with Crippen molar-refractivity contribution in [3.63, 3.8) is 0 Å². The van der Waals surface area contributed by atoms with Gasteiger partial charge in [-0.25, -0.2) is 0 Å². The van der Waals surface area contributed by atoms with Crippen molar-refractivity contribution in [2.24, 2.45) is 5.41 Å². The number of hydrogen-bond donors (Lipinski definition) is 0. The molecule has 0 bridgehead atoms. The first kappa shape index (κ1) is 26.4. The Hall–Kier alpha value is -5.41. The largest absolute Gasteiger partial charge is 0.500 e. The van der Waals surface area contributed by atoms with Crippen LogP contribution in [0.5, 0.6) is 0 Å². The van der Waals surface area contributed by atoms with E-state index in [0.29, 0.717) is 50.4 Å². The fraction of sp³-hybridized carbons (Fsp3) is 0.160. The SMILES string of the molecule is [2H]C([2H])([2H])c1cc(C([2H])([2H])C(C)(C)C)ccc1-c1ccnc(-c2[c-]ccc3c2oc2c3ccc3ccc4ccccc4c32)c1.[2H]C([2H])c1ccc(-c2[c-]cc(C([2H])([2H])[2H])cc2)nc1.[Ir]. The van der Waals surface area contributed by atoms with Crippen LogP contribution in [-0.4, -0.2) is 9.97 Å². The monoisotopic (exact) mass is 889 g/mol. The van der Waals surface area contributed by atoms with Gasteiger partial charge in [0.2, 0.25) is 0 Å². The Kier molecular flexibility index (Phi) is 7.40. The summed E-state index contributed by atoms with van der Waals surface area (Å²) in [5.74, 6) is 0. The third kappa shape index (κ3) is 7.50. The van der Waals surface area contributed by atoms with Gasteiger partial charge in [0.1, 0.15) is 5.58 Å². The van der Waals surface area contributed by atoms with Crippen LogP contribution in [0.3, 0.4) is 0 Å². The van der Waals surface area contributed by atoms with Gasteiger partial charge in [0, 0.05) is 57.0 Å². The van der Waals surface area contributed by atoms with E-state index in [1.807, 2.05) is 51.1 Å². The first-order valence-corrected chi connectivity index (χ1v) is 17.3. The van der Waals surface area contributed by atoms with Crippen molar-refractivity contribution in [1.82, 2.24) is 9.97 Å². The molecule has 3 heterocycles. The fourth-order valence-corrected chi connectivity index (χ4v) is 6.67. The molecule has 54 heavy (non-hydrogen) atoms. The van der Waals surface area contributed by atoms with Gasteiger partial charge in [-0.1, -0.05) is 124 Å². The third-order valence-electron chi connectivity index (χ3n) is 9.05. The van der Waals surface area contributed by atoms with E-state index >= 15 is 0 Å². The van der Waals surface area contributed by atoms with Crippen LogP contribution in [0.1, 0.15) is 56.7 Å². The predicted molar refractivity (Wildman–Crippen MR) is 222 cm³/mol. The summed E-state index contributed by atoms with van der Waals surface area (Å²) < 4.78 is 85.3. The molecule has 3 aromatic heterocycles. The van der Waals surface area contributed by atoms with Gasteiger partial charge >= 0.3 is 0 Å². The molecule has 0 atom stereocenters. The van der Waals surface area contributed by atoms with Gasteiger partial charge in [0.05, 0.1) is 5.58 Å². The van der Waals surface area contributed by atoms with Gasteiger partial charge in [0.15, 0.2) is 0 Å². The summed E-state index contributed by atoms with van der Waals surface area (Å²) in [6, 6.07) is 43.3. The molecule has 0 unspecified atom stereocenters. The minimum Gasteiger partial charge on any atom is -0.500 e. The summed E-state index contributed by atoms with van der Waals surface area (Å²) in [7, 11) is 0. The van der Waals surface area contributed by atoms with Crippen molar-refractivity contribution in [2.75, 3.05) is 0 Å². The number of fused-ring (bicyclic) bond motifs is 7. The molecule has 0 saturated heterocycles. The summed E-state index contributed by atoms with van der Waals surface area (Å²) in [6.45, 7) is -0.195. The molecule has 9 aromatic rings. The van der Waals surface area contributed by atoms with Crippen molar-refractivity contribution in [3.05, 3.63) is 168 Å². The van der Waals surface area contributed by atoms with E-state index in [1.54, 1.807) is 42.6 Å². The van der Waals surface area contributed by atoms with Crippen LogP contribution in [0.25, 0.3) is 77.1 Å². The standard InChI is InChI=1S/C37H30NO.C13H12N.Ir/c1-23-20-24(22-37(2,3)4)12-16-28(23)27-18-19-38-33(21-27)32-11-7-10-30-31-17-15-26-14-13-25-8-5-6-9-29(25)34(26)36(31)39-35(30)32;1-10-3-6-12(7-4-10)13-8-5-11(2)9-14-13;/h5-10,12-21H,22H2,1-4H3;3-6,8-9H,1-2H3;/q2*-1;/i1D3,22D2;1D3,2D2;. The van der Waals surface area contributed by atoms with Gasteiger partial charge in [0.25, 0.3) is 0 Å². The van der Waals surface area contributed by atoms with Gasteiger partial charge in [-0.05, 0) is 86.9 Å². The number of rotatable bonds is 4. The number of aromatic nitrogens is 2. The van der Waals surface area contributed by atoms with E-state index in [9.17, 15) is 0 Å². The Morgan fingerprint density at radius 2 is 1.56 bits per heavy atom. The van der Waals surface area contributed by atoms with Crippen LogP contribution in [-0.2, 0) is 26.5 Å². The average molecular weight is 889 g/mol. The second kappa shape index (κ2) is 15.1. The van der Waals surface area contributed by atoms with Gasteiger partial charge in [-0.3, -0.25) is 0 Å². The van der Waals surface area contributed by atoms with Crippen LogP contribution < -0.4 is 0 Å². The summed E-state index contributed by atoms with van der Waals surface area (Å²) in [4.78, 5) is 8.81. The molecule has 0 aliphatic carbocycles. The Morgan fingerprint density at radius 3 is 2.33 bits per heavy atom. The van der Waals surface area contributed by atoms with Crippen LogP contribution >= 0.6 is 0 Å². The Labute approximate surface area is 345 Å². The summed E-state index contributed by atoms with van der Waals surface area (Å²) in [6.07, 6.45) is 1.41. The van der Waals surface area contributed by atoms with E-state index in [4.69, 9.17) is 18.1 Å². The normalized spacial score (nSPS) is 15.0. The molecule has 0 aliphatic heterocycles. The molecule has 0 amide bonds. The minimum atomic E-state index is -2.45. The number of pyridine rings is 2. The number of benzene rings is 6. The zero-order valence-corrected chi connectivity index (χ0v) is 32.3. The summed E-state index contributed by atoms with van der Waals surface area (Å²) in [5, 5.41) is 6.37. The molecular formula is C50H42IrN2O-2. The molecule has 0 saturated carbocycles. The third-order valence-corrected chi connectivity index (χ3v) is 9.05. The molecule has 0 spiro atoms. The van der Waals surface area contributed by atoms with Gasteiger partial charge < -0.3 is 14.4 Å². The minimum absolute atomic E-state index is 0. The molecule has 6 aromatic carbocycles. The molecule has 4 heteroatoms. The molecule has 1 radical (unpaired) electrons. The quantitative estimate of drug-likeness (QED) is 0.131. The van der Waals surface area contributed by atoms with Crippen molar-refractivity contribution >= 4 is 43.5 Å². The topological polar surface area (TPSA) is 38.9 Å². The molecule has 3 nitrogen and oxygen atoms in total. The summed E-state index contributed by atoms with van der Waals surface area (Å²) in [5.41, 5.74) is 5.75. The van der Waals surface area contributed by atoms with Gasteiger partial charge in [-0.2, -0.15) is 0 Å². The van der Waals surface area contributed by atoms with Crippen LogP contribution in [0.2, 0.25) is 0 Å².